The van der Waals surface area contributed by atoms with Gasteiger partial charge in [-0.2, -0.15) is 5.10 Å². The van der Waals surface area contributed by atoms with E-state index in [9.17, 15) is 13.2 Å². The number of likely N-dealkylation sites (tertiary alicyclic amines) is 1. The van der Waals surface area contributed by atoms with Crippen LogP contribution in [0.3, 0.4) is 0 Å². The number of para-hydroxylation sites is 1. The number of hydrogen-bond donors (Lipinski definition) is 1. The molecule has 12 heteroatoms. The van der Waals surface area contributed by atoms with E-state index in [0.717, 1.165) is 55.4 Å². The van der Waals surface area contributed by atoms with E-state index in [-0.39, 0.29) is 11.8 Å². The molecule has 0 amide bonds. The van der Waals surface area contributed by atoms with Crippen molar-refractivity contribution in [3.05, 3.63) is 47.6 Å². The topological polar surface area (TPSA) is 77.3 Å². The summed E-state index contributed by atoms with van der Waals surface area (Å²) >= 11 is 1.37. The molecule has 39 heavy (non-hydrogen) atoms. The summed E-state index contributed by atoms with van der Waals surface area (Å²) in [5.74, 6) is 1.24. The fourth-order valence-corrected chi connectivity index (χ4v) is 6.06. The Hall–Kier alpha value is -3.22. The van der Waals surface area contributed by atoms with Gasteiger partial charge in [-0.05, 0) is 45.8 Å². The molecule has 2 fully saturated rings. The third-order valence-electron chi connectivity index (χ3n) is 7.29. The van der Waals surface area contributed by atoms with Crippen LogP contribution in [0.5, 0.6) is 5.75 Å². The first kappa shape index (κ1) is 26.0. The van der Waals surface area contributed by atoms with Crippen LogP contribution in [0.1, 0.15) is 44.3 Å². The zero-order valence-corrected chi connectivity index (χ0v) is 22.4. The van der Waals surface area contributed by atoms with E-state index in [2.05, 4.69) is 39.9 Å². The molecule has 3 aromatic heterocycles. The maximum Gasteiger partial charge on any atom is 0.573 e. The summed E-state index contributed by atoms with van der Waals surface area (Å²) in [7, 11) is 0. The van der Waals surface area contributed by atoms with Crippen molar-refractivity contribution in [2.45, 2.75) is 51.1 Å². The maximum atomic E-state index is 13.0. The molecule has 0 aliphatic carbocycles. The Bertz CT molecular complexity index is 1460. The number of nitrogens with zero attached hydrogens (tertiary/aromatic N) is 5. The molecule has 1 aromatic carbocycles. The predicted molar refractivity (Wildman–Crippen MR) is 144 cm³/mol. The van der Waals surface area contributed by atoms with Crippen molar-refractivity contribution < 1.29 is 22.6 Å². The van der Waals surface area contributed by atoms with Crippen molar-refractivity contribution in [3.63, 3.8) is 0 Å². The molecule has 0 atom stereocenters. The minimum atomic E-state index is -4.79. The summed E-state index contributed by atoms with van der Waals surface area (Å²) in [6, 6.07) is 8.83. The van der Waals surface area contributed by atoms with E-state index in [1.807, 2.05) is 4.68 Å². The lowest BCUT2D eigenvalue weighted by Crippen LogP contribution is -2.51. The van der Waals surface area contributed by atoms with Gasteiger partial charge >= 0.3 is 6.36 Å². The molecule has 0 saturated carbocycles. The first-order valence-corrected chi connectivity index (χ1v) is 13.9. The molecule has 2 aliphatic heterocycles. The van der Waals surface area contributed by atoms with Crippen LogP contribution in [-0.4, -0.2) is 63.4 Å². The van der Waals surface area contributed by atoms with Crippen LogP contribution in [0.2, 0.25) is 0 Å². The summed E-state index contributed by atoms with van der Waals surface area (Å²) in [4.78, 5) is 11.7. The van der Waals surface area contributed by atoms with Gasteiger partial charge in [0, 0.05) is 34.5 Å². The Morgan fingerprint density at radius 1 is 1.13 bits per heavy atom. The number of rotatable bonds is 7. The van der Waals surface area contributed by atoms with E-state index < -0.39 is 6.36 Å². The fourth-order valence-electron chi connectivity index (χ4n) is 5.19. The molecule has 0 bridgehead atoms. The van der Waals surface area contributed by atoms with Gasteiger partial charge in [-0.1, -0.05) is 18.2 Å². The number of alkyl halides is 3. The summed E-state index contributed by atoms with van der Waals surface area (Å²) in [6.45, 7) is 7.88. The van der Waals surface area contributed by atoms with Gasteiger partial charge in [0.05, 0.1) is 41.4 Å². The average molecular weight is 559 g/mol. The van der Waals surface area contributed by atoms with Gasteiger partial charge in [-0.15, -0.1) is 24.5 Å². The zero-order valence-electron chi connectivity index (χ0n) is 21.6. The SMILES string of the molecule is CC(C)n1nc(C2CCN(C3COC3)CC2)cc1Nc1ncc2scc(-c3ccccc3OC(F)(F)F)c2n1. The molecule has 4 aromatic rings. The van der Waals surface area contributed by atoms with Gasteiger partial charge in [0.2, 0.25) is 5.95 Å². The molecular formula is C27H29F3N6O2S. The first-order chi connectivity index (χ1) is 18.7. The molecule has 0 unspecified atom stereocenters. The second-order valence-corrected chi connectivity index (χ2v) is 11.1. The highest BCUT2D eigenvalue weighted by molar-refractivity contribution is 7.17. The Morgan fingerprint density at radius 2 is 1.90 bits per heavy atom. The number of fused-ring (bicyclic) bond motifs is 1. The number of halogens is 3. The molecule has 1 N–H and O–H groups in total. The Balaban J connectivity index is 1.26. The molecule has 206 valence electrons. The van der Waals surface area contributed by atoms with Crippen LogP contribution in [0.4, 0.5) is 24.9 Å². The third-order valence-corrected chi connectivity index (χ3v) is 8.19. The number of benzene rings is 1. The number of hydrogen-bond acceptors (Lipinski definition) is 8. The smallest absolute Gasteiger partial charge is 0.405 e. The minimum Gasteiger partial charge on any atom is -0.405 e. The third kappa shape index (κ3) is 5.45. The molecule has 6 rings (SSSR count). The molecular weight excluding hydrogens is 529 g/mol. The summed E-state index contributed by atoms with van der Waals surface area (Å²) < 4.78 is 51.4. The summed E-state index contributed by atoms with van der Waals surface area (Å²) in [5.41, 5.74) is 2.48. The van der Waals surface area contributed by atoms with Crippen molar-refractivity contribution in [2.24, 2.45) is 0 Å². The highest BCUT2D eigenvalue weighted by Crippen LogP contribution is 2.40. The number of aromatic nitrogens is 4. The van der Waals surface area contributed by atoms with Crippen molar-refractivity contribution in [2.75, 3.05) is 31.6 Å². The molecule has 8 nitrogen and oxygen atoms in total. The lowest BCUT2D eigenvalue weighted by molar-refractivity contribution is -0.274. The second kappa shape index (κ2) is 10.4. The predicted octanol–water partition coefficient (Wildman–Crippen LogP) is 6.36. The minimum absolute atomic E-state index is 0.111. The van der Waals surface area contributed by atoms with Gasteiger partial charge in [0.15, 0.2) is 0 Å². The van der Waals surface area contributed by atoms with Crippen LogP contribution >= 0.6 is 11.3 Å². The van der Waals surface area contributed by atoms with Crippen molar-refractivity contribution in [3.8, 4) is 16.9 Å². The van der Waals surface area contributed by atoms with Crippen molar-refractivity contribution >= 4 is 33.3 Å². The standard InChI is InChI=1S/C27H29F3N6O2S/c1-16(2)36-24(11-21(34-36)17-7-9-35(10-8-17)18-13-37-14-18)32-26-31-12-23-25(33-26)20(15-39-23)19-5-3-4-6-22(19)38-27(28,29)30/h3-6,11-12,15-18H,7-10,13-14H2,1-2H3,(H,31,32,33). The van der Waals surface area contributed by atoms with Gasteiger partial charge in [0.1, 0.15) is 11.6 Å². The Morgan fingerprint density at radius 3 is 2.59 bits per heavy atom. The number of piperidine rings is 1. The van der Waals surface area contributed by atoms with Gasteiger partial charge in [-0.3, -0.25) is 4.90 Å². The zero-order chi connectivity index (χ0) is 27.1. The quantitative estimate of drug-likeness (QED) is 0.283. The first-order valence-electron chi connectivity index (χ1n) is 13.0. The monoisotopic (exact) mass is 558 g/mol. The summed E-state index contributed by atoms with van der Waals surface area (Å²) in [6.07, 6.45) is -1.02. The fraction of sp³-hybridized carbons (Fsp3) is 0.444. The van der Waals surface area contributed by atoms with Crippen LogP contribution < -0.4 is 10.1 Å². The Labute approximate surface area is 227 Å². The highest BCUT2D eigenvalue weighted by atomic mass is 32.1. The number of thiophene rings is 1. The maximum absolute atomic E-state index is 13.0. The molecule has 5 heterocycles. The number of ether oxygens (including phenoxy) is 2. The van der Waals surface area contributed by atoms with Crippen LogP contribution in [-0.2, 0) is 4.74 Å². The second-order valence-electron chi connectivity index (χ2n) is 10.2. The van der Waals surface area contributed by atoms with Crippen molar-refractivity contribution in [1.82, 2.24) is 24.6 Å². The average Bonchev–Trinajstić information content (AvgIpc) is 3.47. The normalized spacial score (nSPS) is 17.6. The van der Waals surface area contributed by atoms with E-state index in [0.29, 0.717) is 34.6 Å². The number of anilines is 2. The van der Waals surface area contributed by atoms with Gasteiger partial charge in [-0.25, -0.2) is 14.6 Å². The lowest BCUT2D eigenvalue weighted by Gasteiger charge is -2.41. The lowest BCUT2D eigenvalue weighted by atomic mass is 9.92. The van der Waals surface area contributed by atoms with Crippen molar-refractivity contribution in [1.29, 1.82) is 0 Å². The molecule has 2 saturated heterocycles. The number of nitrogens with one attached hydrogen (secondary N) is 1. The van der Waals surface area contributed by atoms with Gasteiger partial charge < -0.3 is 14.8 Å². The molecule has 2 aliphatic rings. The van der Waals surface area contributed by atoms with E-state index in [1.54, 1.807) is 23.7 Å². The van der Waals surface area contributed by atoms with Crippen LogP contribution in [0.15, 0.2) is 41.9 Å². The van der Waals surface area contributed by atoms with E-state index in [4.69, 9.17) is 14.8 Å². The molecule has 0 spiro atoms. The van der Waals surface area contributed by atoms with E-state index in [1.165, 1.54) is 23.5 Å². The Kier molecular flexibility index (Phi) is 6.94. The van der Waals surface area contributed by atoms with Crippen LogP contribution in [0, 0.1) is 0 Å². The molecule has 0 radical (unpaired) electrons. The largest absolute Gasteiger partial charge is 0.573 e. The summed E-state index contributed by atoms with van der Waals surface area (Å²) in [5, 5.41) is 10.0. The highest BCUT2D eigenvalue weighted by Gasteiger charge is 2.33. The van der Waals surface area contributed by atoms with Crippen LogP contribution in [0.25, 0.3) is 21.3 Å². The van der Waals surface area contributed by atoms with E-state index >= 15 is 0 Å². The van der Waals surface area contributed by atoms with Gasteiger partial charge in [0.25, 0.3) is 0 Å².